The van der Waals surface area contributed by atoms with Gasteiger partial charge in [-0.1, -0.05) is 17.3 Å². The third-order valence-electron chi connectivity index (χ3n) is 4.94. The van der Waals surface area contributed by atoms with Gasteiger partial charge in [-0.05, 0) is 56.6 Å². The lowest BCUT2D eigenvalue weighted by Crippen LogP contribution is -2.27. The molecule has 3 aromatic rings. The number of hydrogen-bond donors (Lipinski definition) is 2. The molecule has 1 saturated heterocycles. The summed E-state index contributed by atoms with van der Waals surface area (Å²) in [6.45, 7) is 3.98. The summed E-state index contributed by atoms with van der Waals surface area (Å²) in [6.07, 6.45) is 1.90. The van der Waals surface area contributed by atoms with Gasteiger partial charge in [0.15, 0.2) is 0 Å². The van der Waals surface area contributed by atoms with Crippen molar-refractivity contribution in [2.24, 2.45) is 0 Å². The van der Waals surface area contributed by atoms with Crippen molar-refractivity contribution in [1.29, 1.82) is 0 Å². The predicted molar refractivity (Wildman–Crippen MR) is 99.0 cm³/mol. The third kappa shape index (κ3) is 3.68. The van der Waals surface area contributed by atoms with Crippen molar-refractivity contribution in [1.82, 2.24) is 20.8 Å². The fraction of sp³-hybridized carbons (Fsp3) is 0.350. The van der Waals surface area contributed by atoms with E-state index in [-0.39, 0.29) is 17.6 Å². The first-order valence-corrected chi connectivity index (χ1v) is 9.12. The molecule has 1 aromatic carbocycles. The van der Waals surface area contributed by atoms with Gasteiger partial charge < -0.3 is 15.2 Å². The molecule has 0 atom stereocenters. The van der Waals surface area contributed by atoms with Crippen LogP contribution in [0.2, 0.25) is 0 Å². The van der Waals surface area contributed by atoms with E-state index in [1.807, 2.05) is 6.92 Å². The summed E-state index contributed by atoms with van der Waals surface area (Å²) in [5.41, 5.74) is 3.26. The van der Waals surface area contributed by atoms with Crippen LogP contribution in [0.25, 0.3) is 11.1 Å². The fourth-order valence-electron chi connectivity index (χ4n) is 3.53. The summed E-state index contributed by atoms with van der Waals surface area (Å²) in [7, 11) is 0. The number of nitrogens with one attached hydrogen (secondary N) is 2. The minimum absolute atomic E-state index is 0.215. The van der Waals surface area contributed by atoms with Gasteiger partial charge in [0.05, 0.1) is 16.6 Å². The lowest BCUT2D eigenvalue weighted by Gasteiger charge is -2.21. The van der Waals surface area contributed by atoms with Crippen LogP contribution in [-0.2, 0) is 6.54 Å². The van der Waals surface area contributed by atoms with Gasteiger partial charge in [-0.3, -0.25) is 4.79 Å². The molecule has 0 unspecified atom stereocenters. The Labute approximate surface area is 156 Å². The number of halogens is 1. The van der Waals surface area contributed by atoms with E-state index in [1.54, 1.807) is 18.2 Å². The molecule has 7 heteroatoms. The lowest BCUT2D eigenvalue weighted by atomic mass is 9.91. The average Bonchev–Trinajstić information content (AvgIpc) is 3.11. The van der Waals surface area contributed by atoms with Crippen molar-refractivity contribution >= 4 is 17.0 Å². The fourth-order valence-corrected chi connectivity index (χ4v) is 3.53. The molecule has 2 N–H and O–H groups in total. The monoisotopic (exact) mass is 368 g/mol. The molecule has 27 heavy (non-hydrogen) atoms. The zero-order chi connectivity index (χ0) is 18.8. The number of rotatable bonds is 4. The van der Waals surface area contributed by atoms with E-state index < -0.39 is 0 Å². The predicted octanol–water partition coefficient (Wildman–Crippen LogP) is 3.07. The normalized spacial score (nSPS) is 15.2. The van der Waals surface area contributed by atoms with Crippen molar-refractivity contribution in [2.45, 2.75) is 32.2 Å². The molecule has 1 aliphatic rings. The van der Waals surface area contributed by atoms with Gasteiger partial charge in [0.25, 0.3) is 11.6 Å². The zero-order valence-corrected chi connectivity index (χ0v) is 15.1. The molecular weight excluding hydrogens is 347 g/mol. The second-order valence-corrected chi connectivity index (χ2v) is 6.89. The molecule has 140 valence electrons. The highest BCUT2D eigenvalue weighted by Crippen LogP contribution is 2.32. The second kappa shape index (κ2) is 7.44. The summed E-state index contributed by atoms with van der Waals surface area (Å²) in [6, 6.07) is 7.84. The summed E-state index contributed by atoms with van der Waals surface area (Å²) < 4.78 is 18.5. The first kappa shape index (κ1) is 17.6. The molecule has 0 radical (unpaired) electrons. The largest absolute Gasteiger partial charge is 0.348 e. The summed E-state index contributed by atoms with van der Waals surface area (Å²) >= 11 is 0. The Kier molecular flexibility index (Phi) is 4.85. The van der Waals surface area contributed by atoms with E-state index in [4.69, 9.17) is 4.52 Å². The van der Waals surface area contributed by atoms with E-state index in [1.165, 1.54) is 12.1 Å². The molecule has 1 fully saturated rings. The second-order valence-electron chi connectivity index (χ2n) is 6.89. The van der Waals surface area contributed by atoms with Gasteiger partial charge >= 0.3 is 0 Å². The van der Waals surface area contributed by atoms with Crippen LogP contribution in [0.3, 0.4) is 0 Å². The smallest absolute Gasteiger partial charge is 0.259 e. The highest BCUT2D eigenvalue weighted by Gasteiger charge is 2.26. The topological polar surface area (TPSA) is 80.0 Å². The Hall–Kier alpha value is -2.80. The molecule has 0 bridgehead atoms. The number of carbonyl (C=O) groups excluding carboxylic acids is 1. The molecular formula is C20H21FN4O2. The number of benzene rings is 1. The van der Waals surface area contributed by atoms with Crippen LogP contribution in [0.1, 0.15) is 46.1 Å². The molecule has 0 spiro atoms. The SMILES string of the molecule is Cc1cc(C(=O)NCc2ccc(F)cc2)c2c(C3CCNCC3)noc2n1. The number of aromatic nitrogens is 2. The number of hydrogen-bond acceptors (Lipinski definition) is 5. The molecule has 3 heterocycles. The van der Waals surface area contributed by atoms with E-state index in [0.717, 1.165) is 37.2 Å². The molecule has 6 nitrogen and oxygen atoms in total. The Morgan fingerprint density at radius 2 is 2.04 bits per heavy atom. The first-order valence-electron chi connectivity index (χ1n) is 9.12. The summed E-state index contributed by atoms with van der Waals surface area (Å²) in [5.74, 6) is -0.263. The molecule has 0 aliphatic carbocycles. The van der Waals surface area contributed by atoms with Crippen molar-refractivity contribution in [2.75, 3.05) is 13.1 Å². The van der Waals surface area contributed by atoms with Gasteiger partial charge in [0.1, 0.15) is 5.82 Å². The first-order chi connectivity index (χ1) is 13.1. The van der Waals surface area contributed by atoms with E-state index in [0.29, 0.717) is 28.9 Å². The number of piperidine rings is 1. The van der Waals surface area contributed by atoms with Crippen LogP contribution in [0.4, 0.5) is 4.39 Å². The summed E-state index contributed by atoms with van der Waals surface area (Å²) in [5, 5.41) is 11.2. The van der Waals surface area contributed by atoms with Crippen molar-refractivity contribution in [3.8, 4) is 0 Å². The van der Waals surface area contributed by atoms with E-state index >= 15 is 0 Å². The standard InChI is InChI=1S/C20H21FN4O2/c1-12-10-16(19(26)23-11-13-2-4-15(21)5-3-13)17-18(25-27-20(17)24-12)14-6-8-22-9-7-14/h2-5,10,14,22H,6-9,11H2,1H3,(H,23,26). The van der Waals surface area contributed by atoms with Gasteiger partial charge in [0.2, 0.25) is 0 Å². The Bertz CT molecular complexity index is 962. The van der Waals surface area contributed by atoms with Crippen molar-refractivity contribution in [3.05, 3.63) is 58.7 Å². The Morgan fingerprint density at radius 1 is 1.30 bits per heavy atom. The molecule has 4 rings (SSSR count). The van der Waals surface area contributed by atoms with Crippen LogP contribution in [0, 0.1) is 12.7 Å². The van der Waals surface area contributed by atoms with Gasteiger partial charge in [-0.2, -0.15) is 0 Å². The maximum Gasteiger partial charge on any atom is 0.259 e. The van der Waals surface area contributed by atoms with Crippen molar-refractivity contribution < 1.29 is 13.7 Å². The third-order valence-corrected chi connectivity index (χ3v) is 4.94. The lowest BCUT2D eigenvalue weighted by molar-refractivity contribution is 0.0952. The van der Waals surface area contributed by atoms with Gasteiger partial charge in [0, 0.05) is 18.2 Å². The maximum absolute atomic E-state index is 13.0. The minimum atomic E-state index is -0.298. The molecule has 1 amide bonds. The Morgan fingerprint density at radius 3 is 2.78 bits per heavy atom. The van der Waals surface area contributed by atoms with Crippen LogP contribution in [0.5, 0.6) is 0 Å². The van der Waals surface area contributed by atoms with Crippen LogP contribution in [-0.4, -0.2) is 29.1 Å². The van der Waals surface area contributed by atoms with Crippen molar-refractivity contribution in [3.63, 3.8) is 0 Å². The highest BCUT2D eigenvalue weighted by molar-refractivity contribution is 6.06. The molecule has 2 aromatic heterocycles. The average molecular weight is 368 g/mol. The minimum Gasteiger partial charge on any atom is -0.348 e. The van der Waals surface area contributed by atoms with E-state index in [9.17, 15) is 9.18 Å². The van der Waals surface area contributed by atoms with E-state index in [2.05, 4.69) is 20.8 Å². The quantitative estimate of drug-likeness (QED) is 0.740. The zero-order valence-electron chi connectivity index (χ0n) is 15.1. The van der Waals surface area contributed by atoms with Gasteiger partial charge in [-0.25, -0.2) is 9.37 Å². The number of amides is 1. The summed E-state index contributed by atoms with van der Waals surface area (Å²) in [4.78, 5) is 17.3. The van der Waals surface area contributed by atoms with Gasteiger partial charge in [-0.15, -0.1) is 0 Å². The highest BCUT2D eigenvalue weighted by atomic mass is 19.1. The number of pyridine rings is 1. The van der Waals surface area contributed by atoms with Crippen LogP contribution >= 0.6 is 0 Å². The molecule has 0 saturated carbocycles. The number of fused-ring (bicyclic) bond motifs is 1. The Balaban J connectivity index is 1.63. The maximum atomic E-state index is 13.0. The van der Waals surface area contributed by atoms with Crippen LogP contribution < -0.4 is 10.6 Å². The molecule has 1 aliphatic heterocycles. The number of nitrogens with zero attached hydrogens (tertiary/aromatic N) is 2. The number of aryl methyl sites for hydroxylation is 1. The number of carbonyl (C=O) groups is 1. The van der Waals surface area contributed by atoms with Crippen LogP contribution in [0.15, 0.2) is 34.9 Å².